The predicted molar refractivity (Wildman–Crippen MR) is 86.7 cm³/mol. The van der Waals surface area contributed by atoms with E-state index in [2.05, 4.69) is 5.10 Å². The van der Waals surface area contributed by atoms with E-state index in [0.717, 1.165) is 11.1 Å². The zero-order chi connectivity index (χ0) is 16.9. The van der Waals surface area contributed by atoms with Gasteiger partial charge in [-0.25, -0.2) is 0 Å². The molecule has 23 heavy (non-hydrogen) atoms. The topological polar surface area (TPSA) is 74.0 Å². The first-order chi connectivity index (χ1) is 10.8. The molecule has 0 amide bonds. The maximum Gasteiger partial charge on any atom is 0.243 e. The SMILES string of the molecule is Cc1cc(C(C)N)c2oc(-c3cn(C)nc3F)c(C)c(=O)c2c1. The number of aryl methyl sites for hydroxylation is 2. The number of hydrogen-bond acceptors (Lipinski definition) is 4. The van der Waals surface area contributed by atoms with Crippen LogP contribution in [0.1, 0.15) is 29.7 Å². The molecule has 2 aromatic heterocycles. The highest BCUT2D eigenvalue weighted by atomic mass is 19.1. The largest absolute Gasteiger partial charge is 0.455 e. The third kappa shape index (κ3) is 2.45. The van der Waals surface area contributed by atoms with E-state index in [-0.39, 0.29) is 22.8 Å². The van der Waals surface area contributed by atoms with Gasteiger partial charge in [-0.2, -0.15) is 4.39 Å². The predicted octanol–water partition coefficient (Wildman–Crippen LogP) is 2.97. The van der Waals surface area contributed by atoms with Crippen LogP contribution in [-0.2, 0) is 7.05 Å². The zero-order valence-electron chi connectivity index (χ0n) is 13.5. The molecule has 0 saturated carbocycles. The Morgan fingerprint density at radius 3 is 2.61 bits per heavy atom. The summed E-state index contributed by atoms with van der Waals surface area (Å²) < 4.78 is 21.3. The molecule has 6 heteroatoms. The summed E-state index contributed by atoms with van der Waals surface area (Å²) in [5.74, 6) is -0.480. The summed E-state index contributed by atoms with van der Waals surface area (Å²) in [5, 5.41) is 4.13. The molecule has 0 radical (unpaired) electrons. The lowest BCUT2D eigenvalue weighted by atomic mass is 10.00. The van der Waals surface area contributed by atoms with Crippen molar-refractivity contribution < 1.29 is 8.81 Å². The molecule has 120 valence electrons. The Balaban J connectivity index is 2.44. The second kappa shape index (κ2) is 5.31. The Morgan fingerprint density at radius 2 is 2.04 bits per heavy atom. The van der Waals surface area contributed by atoms with Crippen LogP contribution in [0.3, 0.4) is 0 Å². The molecular weight excluding hydrogens is 297 g/mol. The standard InChI is InChI=1S/C17H18FN3O2/c1-8-5-11(10(3)19)16-12(6-8)14(22)9(2)15(23-16)13-7-21(4)20-17(13)18/h5-7,10H,19H2,1-4H3. The van der Waals surface area contributed by atoms with Gasteiger partial charge in [0.15, 0.2) is 5.43 Å². The smallest absolute Gasteiger partial charge is 0.243 e. The lowest BCUT2D eigenvalue weighted by molar-refractivity contribution is 0.547. The Morgan fingerprint density at radius 1 is 1.35 bits per heavy atom. The second-order valence-electron chi connectivity index (χ2n) is 5.91. The van der Waals surface area contributed by atoms with Gasteiger partial charge in [0.25, 0.3) is 0 Å². The minimum atomic E-state index is -0.674. The number of rotatable bonds is 2. The van der Waals surface area contributed by atoms with E-state index >= 15 is 0 Å². The second-order valence-corrected chi connectivity index (χ2v) is 5.91. The van der Waals surface area contributed by atoms with Gasteiger partial charge in [0.05, 0.1) is 10.9 Å². The molecular formula is C17H18FN3O2. The van der Waals surface area contributed by atoms with Crippen LogP contribution >= 0.6 is 0 Å². The van der Waals surface area contributed by atoms with Gasteiger partial charge in [0.1, 0.15) is 11.3 Å². The van der Waals surface area contributed by atoms with Crippen molar-refractivity contribution in [1.29, 1.82) is 0 Å². The van der Waals surface area contributed by atoms with Crippen LogP contribution < -0.4 is 11.2 Å². The molecule has 2 heterocycles. The van der Waals surface area contributed by atoms with Crippen LogP contribution in [0.5, 0.6) is 0 Å². The van der Waals surface area contributed by atoms with E-state index in [0.29, 0.717) is 16.5 Å². The third-order valence-electron chi connectivity index (χ3n) is 3.91. The minimum Gasteiger partial charge on any atom is -0.455 e. The molecule has 0 bridgehead atoms. The van der Waals surface area contributed by atoms with Crippen molar-refractivity contribution in [3.05, 3.63) is 51.2 Å². The van der Waals surface area contributed by atoms with E-state index < -0.39 is 5.95 Å². The summed E-state index contributed by atoms with van der Waals surface area (Å²) in [6.07, 6.45) is 1.49. The van der Waals surface area contributed by atoms with Gasteiger partial charge in [-0.05, 0) is 32.4 Å². The molecule has 0 aliphatic heterocycles. The summed E-state index contributed by atoms with van der Waals surface area (Å²) in [6.45, 7) is 5.34. The highest BCUT2D eigenvalue weighted by Crippen LogP contribution is 2.31. The Labute approximate surface area is 132 Å². The molecule has 0 spiro atoms. The zero-order valence-corrected chi connectivity index (χ0v) is 13.5. The van der Waals surface area contributed by atoms with Crippen molar-refractivity contribution in [3.63, 3.8) is 0 Å². The summed E-state index contributed by atoms with van der Waals surface area (Å²) >= 11 is 0. The molecule has 3 aromatic rings. The number of nitrogens with zero attached hydrogens (tertiary/aromatic N) is 2. The van der Waals surface area contributed by atoms with Gasteiger partial charge in [-0.3, -0.25) is 9.48 Å². The van der Waals surface area contributed by atoms with E-state index in [9.17, 15) is 9.18 Å². The van der Waals surface area contributed by atoms with Crippen LogP contribution in [0.4, 0.5) is 4.39 Å². The molecule has 1 atom stereocenters. The fourth-order valence-electron chi connectivity index (χ4n) is 2.78. The van der Waals surface area contributed by atoms with Crippen molar-refractivity contribution in [2.75, 3.05) is 0 Å². The molecule has 5 nitrogen and oxygen atoms in total. The van der Waals surface area contributed by atoms with Crippen molar-refractivity contribution in [2.24, 2.45) is 12.8 Å². The molecule has 1 aromatic carbocycles. The number of halogens is 1. The van der Waals surface area contributed by atoms with Crippen LogP contribution in [0.25, 0.3) is 22.3 Å². The van der Waals surface area contributed by atoms with Gasteiger partial charge in [-0.15, -0.1) is 5.10 Å². The fraction of sp³-hybridized carbons (Fsp3) is 0.294. The minimum absolute atomic E-state index is 0.167. The van der Waals surface area contributed by atoms with E-state index in [1.807, 2.05) is 19.9 Å². The van der Waals surface area contributed by atoms with Crippen molar-refractivity contribution >= 4 is 11.0 Å². The number of benzene rings is 1. The first-order valence-electron chi connectivity index (χ1n) is 7.32. The number of aromatic nitrogens is 2. The molecule has 2 N–H and O–H groups in total. The fourth-order valence-corrected chi connectivity index (χ4v) is 2.78. The van der Waals surface area contributed by atoms with Gasteiger partial charge >= 0.3 is 0 Å². The lowest BCUT2D eigenvalue weighted by Crippen LogP contribution is -2.12. The van der Waals surface area contributed by atoms with Crippen molar-refractivity contribution in [3.8, 4) is 11.3 Å². The van der Waals surface area contributed by atoms with Crippen molar-refractivity contribution in [1.82, 2.24) is 9.78 Å². The number of fused-ring (bicyclic) bond motifs is 1. The van der Waals surface area contributed by atoms with E-state index in [1.54, 1.807) is 20.0 Å². The Bertz CT molecular complexity index is 970. The Kier molecular flexibility index (Phi) is 3.56. The number of nitrogens with two attached hydrogens (primary N) is 1. The first-order valence-corrected chi connectivity index (χ1v) is 7.32. The Hall–Kier alpha value is -2.47. The molecule has 0 fully saturated rings. The summed E-state index contributed by atoms with van der Waals surface area (Å²) in [6, 6.07) is 3.34. The van der Waals surface area contributed by atoms with E-state index in [1.165, 1.54) is 10.9 Å². The number of hydrogen-bond donors (Lipinski definition) is 1. The van der Waals surface area contributed by atoms with Crippen LogP contribution in [0.15, 0.2) is 27.5 Å². The third-order valence-corrected chi connectivity index (χ3v) is 3.91. The van der Waals surface area contributed by atoms with Crippen LogP contribution in [0, 0.1) is 19.8 Å². The molecule has 0 aliphatic carbocycles. The average Bonchev–Trinajstić information content (AvgIpc) is 2.81. The molecule has 0 saturated heterocycles. The van der Waals surface area contributed by atoms with Gasteiger partial charge in [-0.1, -0.05) is 6.07 Å². The first kappa shape index (κ1) is 15.4. The van der Waals surface area contributed by atoms with Crippen molar-refractivity contribution in [2.45, 2.75) is 26.8 Å². The summed E-state index contributed by atoms with van der Waals surface area (Å²) in [7, 11) is 1.61. The lowest BCUT2D eigenvalue weighted by Gasteiger charge is -2.13. The molecule has 3 rings (SSSR count). The normalized spacial score (nSPS) is 12.8. The highest BCUT2D eigenvalue weighted by Gasteiger charge is 2.20. The highest BCUT2D eigenvalue weighted by molar-refractivity contribution is 5.84. The van der Waals surface area contributed by atoms with Crippen LogP contribution in [-0.4, -0.2) is 9.78 Å². The van der Waals surface area contributed by atoms with E-state index in [4.69, 9.17) is 10.2 Å². The monoisotopic (exact) mass is 315 g/mol. The molecule has 1 unspecified atom stereocenters. The maximum absolute atomic E-state index is 14.0. The van der Waals surface area contributed by atoms with Gasteiger partial charge < -0.3 is 10.2 Å². The summed E-state index contributed by atoms with van der Waals surface area (Å²) in [4.78, 5) is 12.7. The van der Waals surface area contributed by atoms with Crippen LogP contribution in [0.2, 0.25) is 0 Å². The summed E-state index contributed by atoms with van der Waals surface area (Å²) in [5.41, 5.74) is 8.40. The van der Waals surface area contributed by atoms with Gasteiger partial charge in [0, 0.05) is 30.4 Å². The maximum atomic E-state index is 14.0. The van der Waals surface area contributed by atoms with Gasteiger partial charge in [0.2, 0.25) is 5.95 Å². The molecule has 0 aliphatic rings. The average molecular weight is 315 g/mol. The quantitative estimate of drug-likeness (QED) is 0.789.